The minimum absolute atomic E-state index is 0.135. The average molecular weight is 457 g/mol. The Morgan fingerprint density at radius 2 is 1.93 bits per heavy atom. The molecule has 0 saturated carbocycles. The zero-order valence-corrected chi connectivity index (χ0v) is 17.7. The molecule has 3 aromatic rings. The fraction of sp³-hybridized carbons (Fsp3) is 0.200. The maximum Gasteiger partial charge on any atom is 0.247 e. The highest BCUT2D eigenvalue weighted by Gasteiger charge is 2.34. The first-order valence-electron chi connectivity index (χ1n) is 8.77. The van der Waals surface area contributed by atoms with Gasteiger partial charge in [-0.15, -0.1) is 10.2 Å². The Balaban J connectivity index is 1.93. The summed E-state index contributed by atoms with van der Waals surface area (Å²) in [7, 11) is 0. The zero-order chi connectivity index (χ0) is 19.7. The average Bonchev–Trinajstić information content (AvgIpc) is 2.83. The fourth-order valence-electron chi connectivity index (χ4n) is 3.09. The van der Waals surface area contributed by atoms with Gasteiger partial charge in [0.15, 0.2) is 5.69 Å². The van der Waals surface area contributed by atoms with E-state index in [0.29, 0.717) is 22.4 Å². The smallest absolute Gasteiger partial charge is 0.247 e. The summed E-state index contributed by atoms with van der Waals surface area (Å²) >= 11 is 4.94. The van der Waals surface area contributed by atoms with Gasteiger partial charge < -0.3 is 4.74 Å². The van der Waals surface area contributed by atoms with Gasteiger partial charge in [0.1, 0.15) is 0 Å². The first kappa shape index (κ1) is 18.9. The molecule has 1 amide bonds. The van der Waals surface area contributed by atoms with E-state index in [0.717, 1.165) is 21.4 Å². The number of hydrogen-bond donors (Lipinski definition) is 0. The SMILES string of the molecule is CCSc1nnc2c(n1)O[C@H](c1ccc(Br)cc1)N(C(C)=O)c1ccccc1-2. The van der Waals surface area contributed by atoms with Crippen LogP contribution in [0.15, 0.2) is 58.2 Å². The number of amides is 1. The number of halogens is 1. The standard InChI is InChI=1S/C20H17BrN4O2S/c1-3-28-20-22-18-17(23-24-20)15-6-4-5-7-16(15)25(12(2)26)19(27-18)13-8-10-14(21)11-9-13/h4-11,19H,3H2,1-2H3/t19-/m1/s1. The molecule has 0 radical (unpaired) electrons. The van der Waals surface area contributed by atoms with Crippen molar-refractivity contribution >= 4 is 39.3 Å². The summed E-state index contributed by atoms with van der Waals surface area (Å²) in [5.74, 6) is 1.06. The quantitative estimate of drug-likeness (QED) is 0.524. The molecule has 0 aliphatic carbocycles. The molecule has 0 N–H and O–H groups in total. The van der Waals surface area contributed by atoms with Gasteiger partial charge in [-0.1, -0.05) is 64.9 Å². The number of benzene rings is 2. The van der Waals surface area contributed by atoms with Gasteiger partial charge in [-0.2, -0.15) is 4.98 Å². The molecule has 2 aromatic carbocycles. The number of nitrogens with zero attached hydrogens (tertiary/aromatic N) is 4. The second-order valence-electron chi connectivity index (χ2n) is 6.11. The van der Waals surface area contributed by atoms with Crippen LogP contribution in [0.25, 0.3) is 11.3 Å². The van der Waals surface area contributed by atoms with Crippen molar-refractivity contribution in [2.45, 2.75) is 25.2 Å². The first-order valence-corrected chi connectivity index (χ1v) is 10.5. The second-order valence-corrected chi connectivity index (χ2v) is 8.26. The van der Waals surface area contributed by atoms with Crippen molar-refractivity contribution in [2.75, 3.05) is 10.7 Å². The van der Waals surface area contributed by atoms with Crippen molar-refractivity contribution in [2.24, 2.45) is 0 Å². The van der Waals surface area contributed by atoms with Crippen LogP contribution in [-0.4, -0.2) is 26.8 Å². The number of hydrogen-bond acceptors (Lipinski definition) is 6. The van der Waals surface area contributed by atoms with Gasteiger partial charge in [0.05, 0.1) is 5.69 Å². The minimum atomic E-state index is -0.663. The molecule has 0 saturated heterocycles. The van der Waals surface area contributed by atoms with Crippen molar-refractivity contribution in [3.63, 3.8) is 0 Å². The van der Waals surface area contributed by atoms with Gasteiger partial charge in [0.25, 0.3) is 0 Å². The van der Waals surface area contributed by atoms with Crippen LogP contribution in [0.4, 0.5) is 5.69 Å². The highest BCUT2D eigenvalue weighted by molar-refractivity contribution is 9.10. The van der Waals surface area contributed by atoms with E-state index in [1.807, 2.05) is 55.5 Å². The van der Waals surface area contributed by atoms with E-state index in [1.54, 1.807) is 4.90 Å². The molecular weight excluding hydrogens is 440 g/mol. The number of thioether (sulfide) groups is 1. The molecule has 1 aliphatic rings. The van der Waals surface area contributed by atoms with E-state index in [-0.39, 0.29) is 5.91 Å². The Morgan fingerprint density at radius 3 is 2.64 bits per heavy atom. The number of rotatable bonds is 3. The lowest BCUT2D eigenvalue weighted by Gasteiger charge is -2.29. The molecule has 4 rings (SSSR count). The van der Waals surface area contributed by atoms with E-state index >= 15 is 0 Å². The number of aromatic nitrogens is 3. The third-order valence-corrected chi connectivity index (χ3v) is 5.53. The molecule has 28 heavy (non-hydrogen) atoms. The highest BCUT2D eigenvalue weighted by Crippen LogP contribution is 2.43. The van der Waals surface area contributed by atoms with Crippen LogP contribution in [0.1, 0.15) is 25.6 Å². The third kappa shape index (κ3) is 3.49. The normalized spacial score (nSPS) is 15.2. The van der Waals surface area contributed by atoms with E-state index < -0.39 is 6.23 Å². The molecule has 6 nitrogen and oxygen atoms in total. The predicted octanol–water partition coefficient (Wildman–Crippen LogP) is 4.86. The van der Waals surface area contributed by atoms with E-state index in [2.05, 4.69) is 31.1 Å². The molecule has 0 fully saturated rings. The van der Waals surface area contributed by atoms with Crippen LogP contribution in [0.5, 0.6) is 5.88 Å². The molecular formula is C20H17BrN4O2S. The second kappa shape index (κ2) is 7.89. The molecule has 0 spiro atoms. The van der Waals surface area contributed by atoms with Gasteiger partial charge in [-0.25, -0.2) is 0 Å². The Morgan fingerprint density at radius 1 is 1.18 bits per heavy atom. The molecule has 1 aromatic heterocycles. The Kier molecular flexibility index (Phi) is 5.32. The van der Waals surface area contributed by atoms with Crippen molar-refractivity contribution in [1.29, 1.82) is 0 Å². The predicted molar refractivity (Wildman–Crippen MR) is 112 cm³/mol. The number of ether oxygens (including phenoxy) is 1. The lowest BCUT2D eigenvalue weighted by atomic mass is 10.1. The molecule has 0 unspecified atom stereocenters. The van der Waals surface area contributed by atoms with Crippen molar-refractivity contribution in [1.82, 2.24) is 15.2 Å². The van der Waals surface area contributed by atoms with Gasteiger partial charge in [-0.3, -0.25) is 9.69 Å². The Labute approximate surface area is 175 Å². The highest BCUT2D eigenvalue weighted by atomic mass is 79.9. The topological polar surface area (TPSA) is 68.2 Å². The van der Waals surface area contributed by atoms with Crippen LogP contribution in [0.3, 0.4) is 0 Å². The minimum Gasteiger partial charge on any atom is -0.447 e. The Bertz CT molecular complexity index is 1030. The summed E-state index contributed by atoms with van der Waals surface area (Å²) in [5, 5.41) is 9.13. The largest absolute Gasteiger partial charge is 0.447 e. The summed E-state index contributed by atoms with van der Waals surface area (Å²) in [6.45, 7) is 3.55. The van der Waals surface area contributed by atoms with Crippen LogP contribution < -0.4 is 9.64 Å². The van der Waals surface area contributed by atoms with Gasteiger partial charge >= 0.3 is 0 Å². The monoisotopic (exact) mass is 456 g/mol. The summed E-state index contributed by atoms with van der Waals surface area (Å²) in [5.41, 5.74) is 2.85. The van der Waals surface area contributed by atoms with Gasteiger partial charge in [0, 0.05) is 22.5 Å². The van der Waals surface area contributed by atoms with Gasteiger partial charge in [0.2, 0.25) is 23.2 Å². The molecule has 8 heteroatoms. The summed E-state index contributed by atoms with van der Waals surface area (Å²) in [4.78, 5) is 18.9. The van der Waals surface area contributed by atoms with Crippen LogP contribution in [-0.2, 0) is 4.79 Å². The Hall–Kier alpha value is -2.45. The zero-order valence-electron chi connectivity index (χ0n) is 15.3. The van der Waals surface area contributed by atoms with Crippen LogP contribution in [0.2, 0.25) is 0 Å². The van der Waals surface area contributed by atoms with E-state index in [4.69, 9.17) is 4.74 Å². The number of carbonyl (C=O) groups excluding carboxylic acids is 1. The molecule has 1 atom stereocenters. The van der Waals surface area contributed by atoms with Crippen LogP contribution in [0, 0.1) is 0 Å². The molecule has 1 aliphatic heterocycles. The number of anilines is 1. The summed E-state index contributed by atoms with van der Waals surface area (Å²) in [6, 6.07) is 15.3. The summed E-state index contributed by atoms with van der Waals surface area (Å²) in [6.07, 6.45) is -0.663. The van der Waals surface area contributed by atoms with Gasteiger partial charge in [-0.05, 0) is 24.0 Å². The molecule has 2 heterocycles. The number of para-hydroxylation sites is 1. The van der Waals surface area contributed by atoms with E-state index in [9.17, 15) is 4.79 Å². The maximum absolute atomic E-state index is 12.7. The number of fused-ring (bicyclic) bond motifs is 3. The maximum atomic E-state index is 12.7. The van der Waals surface area contributed by atoms with Crippen molar-refractivity contribution in [3.05, 3.63) is 58.6 Å². The first-order chi connectivity index (χ1) is 13.6. The fourth-order valence-corrected chi connectivity index (χ4v) is 3.86. The summed E-state index contributed by atoms with van der Waals surface area (Å²) < 4.78 is 7.24. The lowest BCUT2D eigenvalue weighted by Crippen LogP contribution is -2.36. The van der Waals surface area contributed by atoms with Crippen molar-refractivity contribution < 1.29 is 9.53 Å². The molecule has 142 valence electrons. The molecule has 0 bridgehead atoms. The third-order valence-electron chi connectivity index (χ3n) is 4.28. The van der Waals surface area contributed by atoms with E-state index in [1.165, 1.54) is 18.7 Å². The van der Waals surface area contributed by atoms with Crippen molar-refractivity contribution in [3.8, 4) is 17.1 Å². The van der Waals surface area contributed by atoms with Crippen LogP contribution >= 0.6 is 27.7 Å². The lowest BCUT2D eigenvalue weighted by molar-refractivity contribution is -0.118. The number of carbonyl (C=O) groups is 1.